The SMILES string of the molecule is C=CC1CC1(NC(=O)[C@@H]1C[C@@H](Oc2cc(-c3ccccc3)nc3cc(OC)ccc23)CC1C(=O)CC(C)(C)C)C(=O)O. The molecule has 42 heavy (non-hydrogen) atoms. The number of ketones is 1. The van der Waals surface area contributed by atoms with Gasteiger partial charge in [0, 0.05) is 41.3 Å². The molecule has 0 aliphatic heterocycles. The minimum atomic E-state index is -1.36. The number of aliphatic carboxylic acids is 1. The molecular formula is C34H38N2O6. The second kappa shape index (κ2) is 11.2. The molecule has 5 rings (SSSR count). The van der Waals surface area contributed by atoms with Gasteiger partial charge in [-0.25, -0.2) is 9.78 Å². The van der Waals surface area contributed by atoms with Crippen molar-refractivity contribution in [1.82, 2.24) is 10.3 Å². The van der Waals surface area contributed by atoms with Gasteiger partial charge in [0.05, 0.1) is 24.2 Å². The van der Waals surface area contributed by atoms with Crippen molar-refractivity contribution in [2.75, 3.05) is 7.11 Å². The molecule has 1 heterocycles. The number of aromatic nitrogens is 1. The number of carbonyl (C=O) groups is 3. The molecule has 3 unspecified atom stereocenters. The Bertz CT molecular complexity index is 1530. The topological polar surface area (TPSA) is 115 Å². The molecule has 8 nitrogen and oxygen atoms in total. The van der Waals surface area contributed by atoms with Crippen LogP contribution in [-0.4, -0.2) is 46.5 Å². The largest absolute Gasteiger partial charge is 0.497 e. The van der Waals surface area contributed by atoms with E-state index in [2.05, 4.69) is 11.9 Å². The van der Waals surface area contributed by atoms with Crippen molar-refractivity contribution in [1.29, 1.82) is 0 Å². The highest BCUT2D eigenvalue weighted by atomic mass is 16.5. The first-order valence-electron chi connectivity index (χ1n) is 14.4. The normalized spacial score (nSPS) is 25.0. The Balaban J connectivity index is 1.47. The quantitative estimate of drug-likeness (QED) is 0.295. The first kappa shape index (κ1) is 29.3. The molecule has 5 atom stereocenters. The van der Waals surface area contributed by atoms with Crippen LogP contribution in [0.15, 0.2) is 67.3 Å². The van der Waals surface area contributed by atoms with E-state index in [0.717, 1.165) is 16.6 Å². The Morgan fingerprint density at radius 1 is 1.10 bits per heavy atom. The first-order valence-corrected chi connectivity index (χ1v) is 14.4. The van der Waals surface area contributed by atoms with E-state index in [1.165, 1.54) is 0 Å². The summed E-state index contributed by atoms with van der Waals surface area (Å²) in [6.45, 7) is 9.68. The fourth-order valence-corrected chi connectivity index (χ4v) is 6.05. The third-order valence-corrected chi connectivity index (χ3v) is 8.34. The van der Waals surface area contributed by atoms with Gasteiger partial charge in [0.15, 0.2) is 0 Å². The number of nitrogens with zero attached hydrogens (tertiary/aromatic N) is 1. The maximum absolute atomic E-state index is 13.6. The van der Waals surface area contributed by atoms with Crippen molar-refractivity contribution in [3.63, 3.8) is 0 Å². The molecule has 2 fully saturated rings. The van der Waals surface area contributed by atoms with Crippen molar-refractivity contribution in [3.8, 4) is 22.8 Å². The number of ether oxygens (including phenoxy) is 2. The second-order valence-electron chi connectivity index (χ2n) is 12.7. The molecule has 3 aromatic rings. The summed E-state index contributed by atoms with van der Waals surface area (Å²) in [6, 6.07) is 17.3. The number of rotatable bonds is 10. The summed E-state index contributed by atoms with van der Waals surface area (Å²) in [6.07, 6.45) is 2.38. The third kappa shape index (κ3) is 5.89. The number of carboxylic acid groups (broad SMARTS) is 1. The highest BCUT2D eigenvalue weighted by Crippen LogP contribution is 2.46. The van der Waals surface area contributed by atoms with Gasteiger partial charge < -0.3 is 19.9 Å². The van der Waals surface area contributed by atoms with Crippen LogP contribution >= 0.6 is 0 Å². The summed E-state index contributed by atoms with van der Waals surface area (Å²) in [7, 11) is 1.60. The van der Waals surface area contributed by atoms with E-state index in [9.17, 15) is 19.5 Å². The summed E-state index contributed by atoms with van der Waals surface area (Å²) in [5.74, 6) is -1.87. The molecule has 1 aromatic heterocycles. The highest BCUT2D eigenvalue weighted by molar-refractivity contribution is 5.95. The predicted molar refractivity (Wildman–Crippen MR) is 160 cm³/mol. The van der Waals surface area contributed by atoms with Crippen molar-refractivity contribution in [2.45, 2.75) is 58.1 Å². The Hall–Kier alpha value is -4.20. The number of pyridine rings is 1. The van der Waals surface area contributed by atoms with Gasteiger partial charge in [0.2, 0.25) is 5.91 Å². The number of carboxylic acids is 1. The molecule has 2 N–H and O–H groups in total. The van der Waals surface area contributed by atoms with E-state index < -0.39 is 35.4 Å². The number of benzene rings is 2. The van der Waals surface area contributed by atoms with Gasteiger partial charge in [-0.15, -0.1) is 6.58 Å². The second-order valence-corrected chi connectivity index (χ2v) is 12.7. The Morgan fingerprint density at radius 2 is 1.81 bits per heavy atom. The number of nitrogens with one attached hydrogen (secondary N) is 1. The van der Waals surface area contributed by atoms with Crippen LogP contribution < -0.4 is 14.8 Å². The molecule has 0 bridgehead atoms. The standard InChI is InChI=1S/C34H38N2O6/c1-6-21-18-34(21,32(39)40)36-31(38)26-15-23(14-25(26)29(37)19-33(2,3)4)42-30-17-27(20-10-8-7-9-11-20)35-28-16-22(41-5)12-13-24(28)30/h6-13,16-17,21,23,25-26H,1,14-15,18-19H2,2-5H3,(H,36,38)(H,39,40)/t21?,23-,25?,26+,34?/m0/s1. The lowest BCUT2D eigenvalue weighted by atomic mass is 9.81. The molecular weight excluding hydrogens is 532 g/mol. The predicted octanol–water partition coefficient (Wildman–Crippen LogP) is 5.83. The molecule has 0 spiro atoms. The molecule has 2 aliphatic rings. The number of fused-ring (bicyclic) bond motifs is 1. The lowest BCUT2D eigenvalue weighted by Crippen LogP contribution is -2.48. The van der Waals surface area contributed by atoms with E-state index in [-0.39, 0.29) is 17.1 Å². The summed E-state index contributed by atoms with van der Waals surface area (Å²) in [5, 5.41) is 13.4. The molecule has 2 saturated carbocycles. The lowest BCUT2D eigenvalue weighted by molar-refractivity contribution is -0.144. The van der Waals surface area contributed by atoms with Crippen molar-refractivity contribution in [3.05, 3.63) is 67.3 Å². The van der Waals surface area contributed by atoms with Gasteiger partial charge in [0.1, 0.15) is 28.9 Å². The van der Waals surface area contributed by atoms with Crippen LogP contribution in [-0.2, 0) is 14.4 Å². The Kier molecular flexibility index (Phi) is 7.84. The van der Waals surface area contributed by atoms with Gasteiger partial charge in [0.25, 0.3) is 0 Å². The van der Waals surface area contributed by atoms with Crippen molar-refractivity contribution >= 4 is 28.6 Å². The minimum absolute atomic E-state index is 0.0107. The number of carbonyl (C=O) groups excluding carboxylic acids is 2. The zero-order valence-corrected chi connectivity index (χ0v) is 24.6. The van der Waals surface area contributed by atoms with Gasteiger partial charge >= 0.3 is 5.97 Å². The van der Waals surface area contributed by atoms with Crippen LogP contribution in [0.1, 0.15) is 46.5 Å². The van der Waals surface area contributed by atoms with E-state index in [1.54, 1.807) is 13.2 Å². The van der Waals surface area contributed by atoms with Crippen LogP contribution in [0.2, 0.25) is 0 Å². The van der Waals surface area contributed by atoms with Crippen LogP contribution in [0.5, 0.6) is 11.5 Å². The van der Waals surface area contributed by atoms with Crippen LogP contribution in [0, 0.1) is 23.2 Å². The highest BCUT2D eigenvalue weighted by Gasteiger charge is 2.61. The molecule has 8 heteroatoms. The van der Waals surface area contributed by atoms with E-state index in [4.69, 9.17) is 14.5 Å². The number of methoxy groups -OCH3 is 1. The summed E-state index contributed by atoms with van der Waals surface area (Å²) >= 11 is 0. The molecule has 0 saturated heterocycles. The third-order valence-electron chi connectivity index (χ3n) is 8.34. The maximum atomic E-state index is 13.6. The molecule has 2 aromatic carbocycles. The fourth-order valence-electron chi connectivity index (χ4n) is 6.05. The number of hydrogen-bond donors (Lipinski definition) is 2. The number of hydrogen-bond acceptors (Lipinski definition) is 6. The van der Waals surface area contributed by atoms with E-state index >= 15 is 0 Å². The molecule has 1 amide bonds. The lowest BCUT2D eigenvalue weighted by Gasteiger charge is -2.24. The van der Waals surface area contributed by atoms with Crippen LogP contribution in [0.25, 0.3) is 22.2 Å². The van der Waals surface area contributed by atoms with Gasteiger partial charge in [-0.1, -0.05) is 57.2 Å². The average Bonchev–Trinajstić information content (AvgIpc) is 3.51. The van der Waals surface area contributed by atoms with Crippen molar-refractivity contribution in [2.24, 2.45) is 23.2 Å². The Labute approximate surface area is 246 Å². The molecule has 2 aliphatic carbocycles. The molecule has 0 radical (unpaired) electrons. The van der Waals surface area contributed by atoms with Gasteiger partial charge in [-0.2, -0.15) is 0 Å². The zero-order valence-electron chi connectivity index (χ0n) is 24.6. The van der Waals surface area contributed by atoms with Crippen LogP contribution in [0.4, 0.5) is 0 Å². The zero-order chi connectivity index (χ0) is 30.2. The summed E-state index contributed by atoms with van der Waals surface area (Å²) in [4.78, 5) is 44.1. The van der Waals surface area contributed by atoms with Crippen LogP contribution in [0.3, 0.4) is 0 Å². The summed E-state index contributed by atoms with van der Waals surface area (Å²) < 4.78 is 12.0. The average molecular weight is 571 g/mol. The van der Waals surface area contributed by atoms with Gasteiger partial charge in [-0.3, -0.25) is 9.59 Å². The minimum Gasteiger partial charge on any atom is -0.497 e. The number of amides is 1. The summed E-state index contributed by atoms with van der Waals surface area (Å²) in [5.41, 5.74) is 0.737. The number of Topliss-reactive ketones (excluding diaryl/α,β-unsaturated/α-hetero) is 1. The van der Waals surface area contributed by atoms with E-state index in [1.807, 2.05) is 75.4 Å². The Morgan fingerprint density at radius 3 is 2.43 bits per heavy atom. The smallest absolute Gasteiger partial charge is 0.330 e. The fraction of sp³-hybridized carbons (Fsp3) is 0.412. The van der Waals surface area contributed by atoms with Crippen molar-refractivity contribution < 1.29 is 29.0 Å². The van der Waals surface area contributed by atoms with E-state index in [0.29, 0.717) is 42.7 Å². The van der Waals surface area contributed by atoms with Gasteiger partial charge in [-0.05, 0) is 36.8 Å². The maximum Gasteiger partial charge on any atom is 0.330 e. The molecule has 220 valence electrons. The monoisotopic (exact) mass is 570 g/mol. The first-order chi connectivity index (χ1) is 19.9.